The van der Waals surface area contributed by atoms with E-state index in [0.29, 0.717) is 23.1 Å². The maximum Gasteiger partial charge on any atom is 0.255 e. The average Bonchev–Trinajstić information content (AvgIpc) is 3.20. The molecule has 0 radical (unpaired) electrons. The molecule has 30 heavy (non-hydrogen) atoms. The van der Waals surface area contributed by atoms with E-state index in [4.69, 9.17) is 0 Å². The normalized spacial score (nSPS) is 14.9. The van der Waals surface area contributed by atoms with Crippen molar-refractivity contribution in [3.05, 3.63) is 54.1 Å². The Balaban J connectivity index is 1.41. The number of benzene rings is 2. The highest BCUT2D eigenvalue weighted by Gasteiger charge is 2.19. The van der Waals surface area contributed by atoms with Crippen molar-refractivity contribution in [2.75, 3.05) is 36.4 Å². The van der Waals surface area contributed by atoms with E-state index < -0.39 is 0 Å². The fraction of sp³-hybridized carbons (Fsp3) is 0.364. The molecule has 8 heteroatoms. The van der Waals surface area contributed by atoms with Gasteiger partial charge in [-0.05, 0) is 60.7 Å². The first-order chi connectivity index (χ1) is 14.5. The number of nitrogens with one attached hydrogen (secondary N) is 1. The van der Waals surface area contributed by atoms with Gasteiger partial charge in [0.15, 0.2) is 5.82 Å². The number of anilines is 2. The van der Waals surface area contributed by atoms with Crippen LogP contribution < -0.4 is 10.2 Å². The molecule has 0 saturated carbocycles. The van der Waals surface area contributed by atoms with E-state index in [0.717, 1.165) is 37.4 Å². The van der Waals surface area contributed by atoms with Crippen LogP contribution in [0.4, 0.5) is 11.4 Å². The second-order valence-electron chi connectivity index (χ2n) is 7.82. The number of piperazine rings is 1. The Labute approximate surface area is 176 Å². The van der Waals surface area contributed by atoms with Gasteiger partial charge < -0.3 is 10.2 Å². The van der Waals surface area contributed by atoms with Gasteiger partial charge in [-0.15, -0.1) is 5.10 Å². The largest absolute Gasteiger partial charge is 0.369 e. The molecule has 1 aromatic heterocycles. The van der Waals surface area contributed by atoms with E-state index in [9.17, 15) is 4.79 Å². The van der Waals surface area contributed by atoms with Crippen molar-refractivity contribution in [3.8, 4) is 11.4 Å². The number of hydrogen-bond acceptors (Lipinski definition) is 6. The van der Waals surface area contributed by atoms with Crippen molar-refractivity contribution >= 4 is 17.3 Å². The van der Waals surface area contributed by atoms with E-state index in [1.807, 2.05) is 48.5 Å². The summed E-state index contributed by atoms with van der Waals surface area (Å²) in [6, 6.07) is 15.9. The van der Waals surface area contributed by atoms with Crippen molar-refractivity contribution in [1.29, 1.82) is 0 Å². The SMILES string of the molecule is CC(C)N1CCN(c2ccc(C(=O)Nc3cccc(-c4nnnn4C)c3)cc2)CC1. The zero-order chi connectivity index (χ0) is 21.1. The van der Waals surface area contributed by atoms with Crippen molar-refractivity contribution < 1.29 is 4.79 Å². The van der Waals surface area contributed by atoms with Crippen molar-refractivity contribution in [2.24, 2.45) is 7.05 Å². The van der Waals surface area contributed by atoms with Gasteiger partial charge in [-0.25, -0.2) is 4.68 Å². The molecule has 1 aliphatic heterocycles. The number of tetrazole rings is 1. The molecule has 1 amide bonds. The predicted octanol–water partition coefficient (Wildman–Crippen LogP) is 2.66. The third-order valence-corrected chi connectivity index (χ3v) is 5.54. The van der Waals surface area contributed by atoms with Crippen LogP contribution in [0.5, 0.6) is 0 Å². The van der Waals surface area contributed by atoms with Gasteiger partial charge in [-0.1, -0.05) is 12.1 Å². The Morgan fingerprint density at radius 2 is 1.77 bits per heavy atom. The van der Waals surface area contributed by atoms with Crippen LogP contribution >= 0.6 is 0 Å². The van der Waals surface area contributed by atoms with E-state index >= 15 is 0 Å². The lowest BCUT2D eigenvalue weighted by atomic mass is 10.1. The highest BCUT2D eigenvalue weighted by Crippen LogP contribution is 2.21. The van der Waals surface area contributed by atoms with Gasteiger partial charge in [0.1, 0.15) is 0 Å². The minimum Gasteiger partial charge on any atom is -0.369 e. The van der Waals surface area contributed by atoms with Gasteiger partial charge in [0, 0.05) is 61.8 Å². The second kappa shape index (κ2) is 8.62. The lowest BCUT2D eigenvalue weighted by Gasteiger charge is -2.38. The number of carbonyl (C=O) groups is 1. The molecule has 1 fully saturated rings. The maximum absolute atomic E-state index is 12.7. The number of amides is 1. The molecule has 8 nitrogen and oxygen atoms in total. The molecule has 0 aliphatic carbocycles. The highest BCUT2D eigenvalue weighted by atomic mass is 16.1. The van der Waals surface area contributed by atoms with Crippen LogP contribution in [0.15, 0.2) is 48.5 Å². The van der Waals surface area contributed by atoms with Crippen molar-refractivity contribution in [1.82, 2.24) is 25.1 Å². The van der Waals surface area contributed by atoms with Gasteiger partial charge in [-0.3, -0.25) is 9.69 Å². The van der Waals surface area contributed by atoms with E-state index in [-0.39, 0.29) is 5.91 Å². The maximum atomic E-state index is 12.7. The summed E-state index contributed by atoms with van der Waals surface area (Å²) < 4.78 is 1.60. The average molecular weight is 406 g/mol. The molecule has 3 aromatic rings. The van der Waals surface area contributed by atoms with E-state index in [1.54, 1.807) is 11.7 Å². The quantitative estimate of drug-likeness (QED) is 0.703. The first-order valence-electron chi connectivity index (χ1n) is 10.2. The zero-order valence-electron chi connectivity index (χ0n) is 17.6. The molecule has 0 spiro atoms. The summed E-state index contributed by atoms with van der Waals surface area (Å²) in [4.78, 5) is 17.6. The third-order valence-electron chi connectivity index (χ3n) is 5.54. The molecule has 1 N–H and O–H groups in total. The molecule has 0 atom stereocenters. The molecular weight excluding hydrogens is 378 g/mol. The van der Waals surface area contributed by atoms with Gasteiger partial charge in [0.2, 0.25) is 0 Å². The van der Waals surface area contributed by atoms with Gasteiger partial charge >= 0.3 is 0 Å². The summed E-state index contributed by atoms with van der Waals surface area (Å²) in [5, 5.41) is 14.5. The van der Waals surface area contributed by atoms with E-state index in [1.165, 1.54) is 0 Å². The summed E-state index contributed by atoms with van der Waals surface area (Å²) in [5.74, 6) is 0.507. The zero-order valence-corrected chi connectivity index (χ0v) is 17.6. The Kier molecular flexibility index (Phi) is 5.76. The molecule has 2 aromatic carbocycles. The van der Waals surface area contributed by atoms with Crippen molar-refractivity contribution in [3.63, 3.8) is 0 Å². The Bertz CT molecular complexity index is 1000. The summed E-state index contributed by atoms with van der Waals surface area (Å²) in [6.45, 7) is 8.63. The molecular formula is C22H27N7O. The minimum absolute atomic E-state index is 0.139. The smallest absolute Gasteiger partial charge is 0.255 e. The highest BCUT2D eigenvalue weighted by molar-refractivity contribution is 6.04. The predicted molar refractivity (Wildman–Crippen MR) is 118 cm³/mol. The lowest BCUT2D eigenvalue weighted by Crippen LogP contribution is -2.48. The third kappa shape index (κ3) is 4.33. The summed E-state index contributed by atoms with van der Waals surface area (Å²) in [6.07, 6.45) is 0. The van der Waals surface area contributed by atoms with Crippen LogP contribution in [0.1, 0.15) is 24.2 Å². The molecule has 2 heterocycles. The number of rotatable bonds is 5. The molecule has 156 valence electrons. The van der Waals surface area contributed by atoms with Crippen LogP contribution in [0.25, 0.3) is 11.4 Å². The summed E-state index contributed by atoms with van der Waals surface area (Å²) in [5.41, 5.74) is 3.34. The van der Waals surface area contributed by atoms with Crippen LogP contribution in [-0.2, 0) is 7.05 Å². The molecule has 1 saturated heterocycles. The monoisotopic (exact) mass is 405 g/mol. The number of hydrogen-bond donors (Lipinski definition) is 1. The fourth-order valence-electron chi connectivity index (χ4n) is 3.73. The van der Waals surface area contributed by atoms with Crippen LogP contribution in [0.3, 0.4) is 0 Å². The number of carbonyl (C=O) groups excluding carboxylic acids is 1. The Morgan fingerprint density at radius 1 is 1.03 bits per heavy atom. The Hall–Kier alpha value is -3.26. The van der Waals surface area contributed by atoms with Gasteiger partial charge in [0.25, 0.3) is 5.91 Å². The molecule has 0 unspecified atom stereocenters. The van der Waals surface area contributed by atoms with Crippen LogP contribution in [0, 0.1) is 0 Å². The number of nitrogens with zero attached hydrogens (tertiary/aromatic N) is 6. The summed E-state index contributed by atoms with van der Waals surface area (Å²) >= 11 is 0. The summed E-state index contributed by atoms with van der Waals surface area (Å²) in [7, 11) is 1.78. The van der Waals surface area contributed by atoms with Gasteiger partial charge in [0.05, 0.1) is 0 Å². The van der Waals surface area contributed by atoms with Crippen LogP contribution in [0.2, 0.25) is 0 Å². The molecule has 1 aliphatic rings. The first kappa shape index (κ1) is 20.0. The lowest BCUT2D eigenvalue weighted by molar-refractivity contribution is 0.102. The fourth-order valence-corrected chi connectivity index (χ4v) is 3.73. The molecule has 4 rings (SSSR count). The minimum atomic E-state index is -0.139. The van der Waals surface area contributed by atoms with Gasteiger partial charge in [-0.2, -0.15) is 0 Å². The second-order valence-corrected chi connectivity index (χ2v) is 7.82. The topological polar surface area (TPSA) is 79.2 Å². The van der Waals surface area contributed by atoms with E-state index in [2.05, 4.69) is 44.5 Å². The first-order valence-corrected chi connectivity index (χ1v) is 10.2. The Morgan fingerprint density at radius 3 is 2.40 bits per heavy atom. The molecule has 0 bridgehead atoms. The van der Waals surface area contributed by atoms with Crippen molar-refractivity contribution in [2.45, 2.75) is 19.9 Å². The van der Waals surface area contributed by atoms with Crippen LogP contribution in [-0.4, -0.2) is 63.2 Å². The number of aryl methyl sites for hydroxylation is 1. The number of aromatic nitrogens is 4. The standard InChI is InChI=1S/C22H27N7O/c1-16(2)28-11-13-29(14-12-28)20-9-7-17(8-10-20)22(30)23-19-6-4-5-18(15-19)21-24-25-26-27(21)3/h4-10,15-16H,11-14H2,1-3H3,(H,23,30).